The largest absolute Gasteiger partial charge is 0.475 e. The van der Waals surface area contributed by atoms with E-state index in [0.717, 1.165) is 11.0 Å². The van der Waals surface area contributed by atoms with Crippen molar-refractivity contribution in [3.63, 3.8) is 0 Å². The van der Waals surface area contributed by atoms with Crippen LogP contribution in [0.1, 0.15) is 4.88 Å². The van der Waals surface area contributed by atoms with Crippen LogP contribution in [0.4, 0.5) is 0 Å². The number of aromatic nitrogens is 1. The third-order valence-electron chi connectivity index (χ3n) is 1.06. The maximum atomic E-state index is 10.5. The van der Waals surface area contributed by atoms with Crippen LogP contribution in [0.15, 0.2) is 17.8 Å². The molecule has 0 aromatic carbocycles. The molecule has 0 spiro atoms. The summed E-state index contributed by atoms with van der Waals surface area (Å²) in [6.45, 7) is 0. The van der Waals surface area contributed by atoms with E-state index in [2.05, 4.69) is 4.98 Å². The lowest BCUT2D eigenvalue weighted by atomic mass is 10.3. The molecule has 0 saturated carbocycles. The van der Waals surface area contributed by atoms with Gasteiger partial charge in [0.25, 0.3) is 5.78 Å². The zero-order chi connectivity index (χ0) is 8.97. The van der Waals surface area contributed by atoms with Gasteiger partial charge in [0.2, 0.25) is 0 Å². The van der Waals surface area contributed by atoms with Gasteiger partial charge in [0, 0.05) is 11.1 Å². The first-order chi connectivity index (χ1) is 5.70. The highest BCUT2D eigenvalue weighted by Crippen LogP contribution is 2.06. The van der Waals surface area contributed by atoms with Crippen LogP contribution < -0.4 is 0 Å². The molecule has 0 aliphatic heterocycles. The van der Waals surface area contributed by atoms with E-state index in [0.29, 0.717) is 0 Å². The molecule has 4 nitrogen and oxygen atoms in total. The Morgan fingerprint density at radius 2 is 2.33 bits per heavy atom. The van der Waals surface area contributed by atoms with E-state index in [1.54, 1.807) is 11.7 Å². The molecule has 1 heterocycles. The Hall–Kier alpha value is -1.49. The number of carboxylic acids is 1. The standard InChI is InChI=1S/C7H5NO3S/c9-6(7(10)11)2-1-5-3-8-4-12-5/h1-4H,(H,10,11)/b2-1+. The molecule has 1 aromatic heterocycles. The van der Waals surface area contributed by atoms with Gasteiger partial charge in [0.1, 0.15) is 0 Å². The Kier molecular flexibility index (Phi) is 2.71. The number of thiazole rings is 1. The molecule has 1 N–H and O–H groups in total. The number of carbonyl (C=O) groups excluding carboxylic acids is 1. The summed E-state index contributed by atoms with van der Waals surface area (Å²) in [6.07, 6.45) is 3.99. The van der Waals surface area contributed by atoms with Crippen LogP contribution in [0, 0.1) is 0 Å². The number of hydrogen-bond donors (Lipinski definition) is 1. The Morgan fingerprint density at radius 1 is 1.58 bits per heavy atom. The monoisotopic (exact) mass is 183 g/mol. The predicted octanol–water partition coefficient (Wildman–Crippen LogP) is 0.810. The van der Waals surface area contributed by atoms with Crippen molar-refractivity contribution in [3.8, 4) is 0 Å². The molecule has 0 bridgehead atoms. The first-order valence-electron chi connectivity index (χ1n) is 3.04. The van der Waals surface area contributed by atoms with Crippen LogP contribution in [0.2, 0.25) is 0 Å². The zero-order valence-corrected chi connectivity index (χ0v) is 6.75. The summed E-state index contributed by atoms with van der Waals surface area (Å²) in [5.41, 5.74) is 1.60. The molecule has 1 rings (SSSR count). The Morgan fingerprint density at radius 3 is 2.83 bits per heavy atom. The fourth-order valence-corrected chi connectivity index (χ4v) is 1.05. The van der Waals surface area contributed by atoms with Gasteiger partial charge in [0.15, 0.2) is 0 Å². The second-order valence-corrected chi connectivity index (χ2v) is 2.82. The van der Waals surface area contributed by atoms with E-state index in [1.165, 1.54) is 17.4 Å². The molecule has 0 amide bonds. The molecule has 5 heteroatoms. The molecule has 0 radical (unpaired) electrons. The highest BCUT2D eigenvalue weighted by molar-refractivity contribution is 7.10. The molecule has 1 aromatic rings. The van der Waals surface area contributed by atoms with E-state index in [-0.39, 0.29) is 0 Å². The summed E-state index contributed by atoms with van der Waals surface area (Å²) in [5.74, 6) is -2.38. The van der Waals surface area contributed by atoms with Crippen molar-refractivity contribution in [2.45, 2.75) is 0 Å². The summed E-state index contributed by atoms with van der Waals surface area (Å²) in [4.78, 5) is 25.1. The average Bonchev–Trinajstić information content (AvgIpc) is 2.51. The first-order valence-corrected chi connectivity index (χ1v) is 3.92. The zero-order valence-electron chi connectivity index (χ0n) is 5.93. The molecule has 0 atom stereocenters. The maximum Gasteiger partial charge on any atom is 0.376 e. The van der Waals surface area contributed by atoms with Gasteiger partial charge >= 0.3 is 5.97 Å². The van der Waals surface area contributed by atoms with Gasteiger partial charge in [-0.3, -0.25) is 9.78 Å². The molecule has 0 aliphatic rings. The average molecular weight is 183 g/mol. The molecule has 62 valence electrons. The lowest BCUT2D eigenvalue weighted by Crippen LogP contribution is -2.08. The summed E-state index contributed by atoms with van der Waals surface area (Å²) >= 11 is 1.33. The number of rotatable bonds is 3. The smallest absolute Gasteiger partial charge is 0.376 e. The molecule has 0 aliphatic carbocycles. The van der Waals surface area contributed by atoms with E-state index in [9.17, 15) is 9.59 Å². The second kappa shape index (κ2) is 3.77. The third kappa shape index (κ3) is 2.28. The van der Waals surface area contributed by atoms with Gasteiger partial charge in [-0.05, 0) is 12.2 Å². The number of ketones is 1. The summed E-state index contributed by atoms with van der Waals surface area (Å²) in [7, 11) is 0. The number of nitrogens with zero attached hydrogens (tertiary/aromatic N) is 1. The Bertz CT molecular complexity index is 315. The van der Waals surface area contributed by atoms with Crippen molar-refractivity contribution < 1.29 is 14.7 Å². The van der Waals surface area contributed by atoms with Gasteiger partial charge in [-0.25, -0.2) is 4.79 Å². The minimum absolute atomic E-state index is 0.754. The Balaban J connectivity index is 2.63. The van der Waals surface area contributed by atoms with E-state index >= 15 is 0 Å². The lowest BCUT2D eigenvalue weighted by Gasteiger charge is -1.82. The summed E-state index contributed by atoms with van der Waals surface area (Å²) in [6, 6.07) is 0. The lowest BCUT2D eigenvalue weighted by molar-refractivity contribution is -0.146. The van der Waals surface area contributed by atoms with Gasteiger partial charge in [-0.15, -0.1) is 11.3 Å². The van der Waals surface area contributed by atoms with Crippen LogP contribution in [0.5, 0.6) is 0 Å². The van der Waals surface area contributed by atoms with Crippen molar-refractivity contribution in [2.24, 2.45) is 0 Å². The fourth-order valence-electron chi connectivity index (χ4n) is 0.537. The van der Waals surface area contributed by atoms with E-state index in [1.807, 2.05) is 0 Å². The van der Waals surface area contributed by atoms with Crippen LogP contribution in [-0.2, 0) is 9.59 Å². The maximum absolute atomic E-state index is 10.5. The van der Waals surface area contributed by atoms with E-state index in [4.69, 9.17) is 5.11 Å². The molecule has 0 fully saturated rings. The minimum Gasteiger partial charge on any atom is -0.475 e. The van der Waals surface area contributed by atoms with Gasteiger partial charge in [0.05, 0.1) is 5.51 Å². The molecule has 12 heavy (non-hydrogen) atoms. The first kappa shape index (κ1) is 8.61. The quantitative estimate of drug-likeness (QED) is 0.556. The molecular formula is C7H5NO3S. The molecule has 0 unspecified atom stereocenters. The molecule has 0 saturated heterocycles. The fraction of sp³-hybridized carbons (Fsp3) is 0. The van der Waals surface area contributed by atoms with Gasteiger partial charge in [-0.1, -0.05) is 0 Å². The minimum atomic E-state index is -1.45. The SMILES string of the molecule is O=C(O)C(=O)/C=C/c1cncs1. The van der Waals surface area contributed by atoms with E-state index < -0.39 is 11.8 Å². The summed E-state index contributed by atoms with van der Waals surface area (Å²) < 4.78 is 0. The third-order valence-corrected chi connectivity index (χ3v) is 1.80. The van der Waals surface area contributed by atoms with Crippen LogP contribution in [-0.4, -0.2) is 21.8 Å². The van der Waals surface area contributed by atoms with Crippen molar-refractivity contribution in [2.75, 3.05) is 0 Å². The second-order valence-electron chi connectivity index (χ2n) is 1.91. The van der Waals surface area contributed by atoms with Gasteiger partial charge in [-0.2, -0.15) is 0 Å². The number of carboxylic acid groups (broad SMARTS) is 1. The highest BCUT2D eigenvalue weighted by atomic mass is 32.1. The highest BCUT2D eigenvalue weighted by Gasteiger charge is 2.05. The number of aliphatic carboxylic acids is 1. The topological polar surface area (TPSA) is 67.3 Å². The van der Waals surface area contributed by atoms with Crippen molar-refractivity contribution in [3.05, 3.63) is 22.7 Å². The summed E-state index contributed by atoms with van der Waals surface area (Å²) in [5, 5.41) is 8.20. The number of carbonyl (C=O) groups is 2. The van der Waals surface area contributed by atoms with Crippen molar-refractivity contribution in [1.29, 1.82) is 0 Å². The van der Waals surface area contributed by atoms with Gasteiger partial charge < -0.3 is 5.11 Å². The predicted molar refractivity (Wildman–Crippen MR) is 43.8 cm³/mol. The van der Waals surface area contributed by atoms with Crippen LogP contribution in [0.3, 0.4) is 0 Å². The molecular weight excluding hydrogens is 178 g/mol. The van der Waals surface area contributed by atoms with Crippen LogP contribution in [0.25, 0.3) is 6.08 Å². The van der Waals surface area contributed by atoms with Crippen molar-refractivity contribution >= 4 is 29.2 Å². The normalized spacial score (nSPS) is 10.3. The van der Waals surface area contributed by atoms with Crippen molar-refractivity contribution in [1.82, 2.24) is 4.98 Å². The Labute approximate surface area is 72.2 Å². The number of hydrogen-bond acceptors (Lipinski definition) is 4. The van der Waals surface area contributed by atoms with Crippen LogP contribution >= 0.6 is 11.3 Å².